The van der Waals surface area contributed by atoms with E-state index in [0.717, 1.165) is 0 Å². The zero-order valence-electron chi connectivity index (χ0n) is 13.6. The number of nitrogens with one attached hydrogen (secondary N) is 1. The summed E-state index contributed by atoms with van der Waals surface area (Å²) in [5.41, 5.74) is 0. The fourth-order valence-electron chi connectivity index (χ4n) is 1.64. The second kappa shape index (κ2) is 8.03. The molecule has 0 aromatic carbocycles. The third-order valence-corrected chi connectivity index (χ3v) is 5.27. The van der Waals surface area contributed by atoms with Gasteiger partial charge in [0.05, 0.1) is 22.6 Å². The number of hydrogen-bond acceptors (Lipinski definition) is 5. The monoisotopic (exact) mass is 385 g/mol. The van der Waals surface area contributed by atoms with Crippen molar-refractivity contribution >= 4 is 30.2 Å². The van der Waals surface area contributed by atoms with E-state index in [1.54, 1.807) is 13.8 Å². The summed E-state index contributed by atoms with van der Waals surface area (Å²) in [6.45, 7) is 10.2. The number of halogens is 1. The van der Waals surface area contributed by atoms with Crippen molar-refractivity contribution in [1.29, 1.82) is 0 Å². The van der Waals surface area contributed by atoms with Gasteiger partial charge >= 0.3 is 0 Å². The third-order valence-electron chi connectivity index (χ3n) is 2.98. The molecule has 0 heterocycles. The fourth-order valence-corrected chi connectivity index (χ4v) is 3.52. The molecule has 0 bridgehead atoms. The van der Waals surface area contributed by atoms with Crippen LogP contribution in [0.3, 0.4) is 0 Å². The lowest BCUT2D eigenvalue weighted by Gasteiger charge is -2.35. The molecule has 4 N–H and O–H groups in total. The number of carbonyl (C=O) groups is 1. The van der Waals surface area contributed by atoms with Gasteiger partial charge in [-0.05, 0) is 40.8 Å². The second-order valence-corrected chi connectivity index (χ2v) is 12.6. The van der Waals surface area contributed by atoms with Gasteiger partial charge in [-0.15, -0.1) is 0 Å². The van der Waals surface area contributed by atoms with Crippen LogP contribution in [0.25, 0.3) is 0 Å². The molecular weight excluding hydrogens is 358 g/mol. The maximum absolute atomic E-state index is 11.8. The summed E-state index contributed by atoms with van der Waals surface area (Å²) in [4.78, 5) is 11.8. The normalized spacial score (nSPS) is 18.8. The Kier molecular flexibility index (Phi) is 8.03. The van der Waals surface area contributed by atoms with Crippen LogP contribution in [0.5, 0.6) is 0 Å². The fraction of sp³-hybridized carbons (Fsp3) is 0.923. The first-order valence-corrected chi connectivity index (χ1v) is 10.9. The van der Waals surface area contributed by atoms with Crippen molar-refractivity contribution in [3.05, 3.63) is 0 Å². The molecule has 0 aliphatic heterocycles. The Balaban J connectivity index is 4.72. The molecule has 0 rings (SSSR count). The molecule has 4 atom stereocenters. The lowest BCUT2D eigenvalue weighted by Crippen LogP contribution is -2.55. The quantitative estimate of drug-likeness (QED) is 0.360. The van der Waals surface area contributed by atoms with E-state index >= 15 is 0 Å². The number of carbonyl (C=O) groups excluding carboxylic acids is 1. The van der Waals surface area contributed by atoms with Gasteiger partial charge in [-0.1, -0.05) is 15.9 Å². The SMILES string of the molecule is CC(O)C(O)C(O[Si](C)(C)CNC(=O)C(C)(C)Br)C(C)O. The van der Waals surface area contributed by atoms with E-state index in [1.165, 1.54) is 13.8 Å². The zero-order valence-corrected chi connectivity index (χ0v) is 16.1. The van der Waals surface area contributed by atoms with Crippen molar-refractivity contribution in [1.82, 2.24) is 5.32 Å². The van der Waals surface area contributed by atoms with Crippen molar-refractivity contribution in [2.75, 3.05) is 6.17 Å². The highest BCUT2D eigenvalue weighted by molar-refractivity contribution is 9.10. The van der Waals surface area contributed by atoms with Crippen molar-refractivity contribution in [2.45, 2.75) is 69.5 Å². The molecule has 0 aliphatic carbocycles. The lowest BCUT2D eigenvalue weighted by atomic mass is 10.1. The molecule has 126 valence electrons. The molecular formula is C13H28BrNO5Si. The standard InChI is InChI=1S/C13H28BrNO5Si/c1-8(16)10(18)11(9(2)17)20-21(5,6)7-15-12(19)13(3,4)14/h8-11,16-18H,7H2,1-6H3,(H,15,19). The Morgan fingerprint density at radius 2 is 1.71 bits per heavy atom. The minimum Gasteiger partial charge on any atom is -0.407 e. The average molecular weight is 386 g/mol. The van der Waals surface area contributed by atoms with E-state index in [4.69, 9.17) is 4.43 Å². The zero-order chi connectivity index (χ0) is 17.0. The van der Waals surface area contributed by atoms with Crippen LogP contribution in [0.1, 0.15) is 27.7 Å². The van der Waals surface area contributed by atoms with Gasteiger partial charge in [-0.3, -0.25) is 4.79 Å². The van der Waals surface area contributed by atoms with Gasteiger partial charge in [-0.25, -0.2) is 0 Å². The molecule has 8 heteroatoms. The van der Waals surface area contributed by atoms with E-state index in [1.807, 2.05) is 13.1 Å². The van der Waals surface area contributed by atoms with Gasteiger partial charge in [0.1, 0.15) is 6.10 Å². The highest BCUT2D eigenvalue weighted by Gasteiger charge is 2.36. The molecule has 0 aliphatic rings. The third kappa shape index (κ3) is 7.71. The molecule has 1 amide bonds. The topological polar surface area (TPSA) is 99.0 Å². The molecule has 0 aromatic rings. The summed E-state index contributed by atoms with van der Waals surface area (Å²) in [6, 6.07) is 0. The summed E-state index contributed by atoms with van der Waals surface area (Å²) in [6.07, 6.45) is -3.66. The molecule has 6 nitrogen and oxygen atoms in total. The first kappa shape index (κ1) is 21.0. The van der Waals surface area contributed by atoms with Crippen molar-refractivity contribution in [3.63, 3.8) is 0 Å². The highest BCUT2D eigenvalue weighted by atomic mass is 79.9. The highest BCUT2D eigenvalue weighted by Crippen LogP contribution is 2.18. The number of aliphatic hydroxyl groups excluding tert-OH is 3. The van der Waals surface area contributed by atoms with Crippen LogP contribution in [0.4, 0.5) is 0 Å². The van der Waals surface area contributed by atoms with Gasteiger partial charge in [0, 0.05) is 6.17 Å². The van der Waals surface area contributed by atoms with Crippen molar-refractivity contribution in [2.24, 2.45) is 0 Å². The van der Waals surface area contributed by atoms with Crippen LogP contribution in [0, 0.1) is 0 Å². The Labute approximate surface area is 136 Å². The Morgan fingerprint density at radius 3 is 2.05 bits per heavy atom. The Morgan fingerprint density at radius 1 is 1.24 bits per heavy atom. The predicted molar refractivity (Wildman–Crippen MR) is 87.7 cm³/mol. The molecule has 0 radical (unpaired) electrons. The minimum absolute atomic E-state index is 0.156. The summed E-state index contributed by atoms with van der Waals surface area (Å²) in [5.74, 6) is -0.156. The maximum atomic E-state index is 11.8. The van der Waals surface area contributed by atoms with Crippen LogP contribution in [-0.2, 0) is 9.22 Å². The number of rotatable bonds is 8. The second-order valence-electron chi connectivity index (χ2n) is 6.47. The van der Waals surface area contributed by atoms with Crippen LogP contribution in [0.2, 0.25) is 13.1 Å². The Bertz CT molecular complexity index is 344. The summed E-state index contributed by atoms with van der Waals surface area (Å²) >= 11 is 3.28. The maximum Gasteiger partial charge on any atom is 0.236 e. The largest absolute Gasteiger partial charge is 0.407 e. The average Bonchev–Trinajstić information content (AvgIpc) is 2.30. The van der Waals surface area contributed by atoms with E-state index in [2.05, 4.69) is 21.2 Å². The van der Waals surface area contributed by atoms with Gasteiger partial charge < -0.3 is 25.1 Å². The van der Waals surface area contributed by atoms with E-state index in [0.29, 0.717) is 6.17 Å². The van der Waals surface area contributed by atoms with Crippen LogP contribution < -0.4 is 5.32 Å². The summed E-state index contributed by atoms with van der Waals surface area (Å²) < 4.78 is 5.17. The molecule has 0 aromatic heterocycles. The van der Waals surface area contributed by atoms with Crippen LogP contribution >= 0.6 is 15.9 Å². The molecule has 4 unspecified atom stereocenters. The van der Waals surface area contributed by atoms with Gasteiger partial charge in [0.15, 0.2) is 0 Å². The van der Waals surface area contributed by atoms with E-state index < -0.39 is 37.1 Å². The summed E-state index contributed by atoms with van der Waals surface area (Å²) in [5, 5.41) is 31.9. The first-order valence-electron chi connectivity index (χ1n) is 6.97. The van der Waals surface area contributed by atoms with Crippen molar-refractivity contribution < 1.29 is 24.5 Å². The molecule has 0 spiro atoms. The number of hydrogen-bond donors (Lipinski definition) is 4. The molecule has 21 heavy (non-hydrogen) atoms. The van der Waals surface area contributed by atoms with Gasteiger partial charge in [-0.2, -0.15) is 0 Å². The van der Waals surface area contributed by atoms with Crippen LogP contribution in [-0.4, -0.2) is 64.5 Å². The van der Waals surface area contributed by atoms with E-state index in [9.17, 15) is 20.1 Å². The van der Waals surface area contributed by atoms with Gasteiger partial charge in [0.25, 0.3) is 0 Å². The number of amides is 1. The first-order chi connectivity index (χ1) is 9.28. The molecule has 0 fully saturated rings. The minimum atomic E-state index is -2.36. The molecule has 0 saturated heterocycles. The number of aliphatic hydroxyl groups is 3. The van der Waals surface area contributed by atoms with Gasteiger partial charge in [0.2, 0.25) is 14.2 Å². The van der Waals surface area contributed by atoms with Crippen molar-refractivity contribution in [3.8, 4) is 0 Å². The Hall–Kier alpha value is 0.00688. The van der Waals surface area contributed by atoms with E-state index in [-0.39, 0.29) is 5.91 Å². The van der Waals surface area contributed by atoms with Crippen LogP contribution in [0.15, 0.2) is 0 Å². The smallest absolute Gasteiger partial charge is 0.236 e. The molecule has 0 saturated carbocycles. The lowest BCUT2D eigenvalue weighted by molar-refractivity contribution is -0.122. The number of alkyl halides is 1. The predicted octanol–water partition coefficient (Wildman–Crippen LogP) is 0.528. The summed E-state index contributed by atoms with van der Waals surface area (Å²) in [7, 11) is -2.36.